The molecule has 1 saturated heterocycles. The van der Waals surface area contributed by atoms with Crippen LogP contribution >= 0.6 is 0 Å². The molecular weight excluding hydrogens is 328 g/mol. The van der Waals surface area contributed by atoms with E-state index in [1.165, 1.54) is 4.31 Å². The van der Waals surface area contributed by atoms with Gasteiger partial charge in [-0.2, -0.15) is 4.31 Å². The molecule has 0 saturated carbocycles. The van der Waals surface area contributed by atoms with Gasteiger partial charge in [-0.1, -0.05) is 6.92 Å². The number of piperidine rings is 1. The maximum Gasteiger partial charge on any atom is 0.262 e. The molecule has 0 spiro atoms. The lowest BCUT2D eigenvalue weighted by Crippen LogP contribution is -2.44. The predicted molar refractivity (Wildman–Crippen MR) is 92.0 cm³/mol. The zero-order valence-electron chi connectivity index (χ0n) is 14.9. The van der Waals surface area contributed by atoms with E-state index < -0.39 is 10.0 Å². The van der Waals surface area contributed by atoms with Crippen LogP contribution in [0.1, 0.15) is 53.0 Å². The molecular formula is C16H28N4O3S. The molecule has 1 amide bonds. The van der Waals surface area contributed by atoms with Gasteiger partial charge in [-0.25, -0.2) is 13.4 Å². The van der Waals surface area contributed by atoms with Gasteiger partial charge in [0.2, 0.25) is 5.91 Å². The normalized spacial score (nSPS) is 18.7. The average Bonchev–Trinajstić information content (AvgIpc) is 3.06. The summed E-state index contributed by atoms with van der Waals surface area (Å²) in [6, 6.07) is 0.315. The van der Waals surface area contributed by atoms with Crippen molar-refractivity contribution < 1.29 is 13.2 Å². The lowest BCUT2D eigenvalue weighted by molar-refractivity contribution is -0.126. The van der Waals surface area contributed by atoms with E-state index in [4.69, 9.17) is 0 Å². The van der Waals surface area contributed by atoms with Crippen LogP contribution in [0.3, 0.4) is 0 Å². The number of sulfonamides is 1. The lowest BCUT2D eigenvalue weighted by atomic mass is 9.97. The summed E-state index contributed by atoms with van der Waals surface area (Å²) in [5, 5.41) is 3.06. The molecule has 0 aliphatic carbocycles. The highest BCUT2D eigenvalue weighted by atomic mass is 32.2. The maximum atomic E-state index is 12.7. The first-order chi connectivity index (χ1) is 11.3. The first-order valence-electron chi connectivity index (χ1n) is 8.59. The molecule has 0 unspecified atom stereocenters. The van der Waals surface area contributed by atoms with Gasteiger partial charge in [0.05, 0.1) is 6.33 Å². The molecule has 1 aliphatic heterocycles. The minimum absolute atomic E-state index is 0.0329. The molecule has 1 aromatic heterocycles. The molecule has 1 aliphatic rings. The van der Waals surface area contributed by atoms with Crippen LogP contribution in [0.4, 0.5) is 0 Å². The van der Waals surface area contributed by atoms with Crippen molar-refractivity contribution in [1.29, 1.82) is 0 Å². The smallest absolute Gasteiger partial charge is 0.262 e. The Hall–Kier alpha value is -1.41. The Morgan fingerprint density at radius 2 is 1.96 bits per heavy atom. The molecule has 2 heterocycles. The van der Waals surface area contributed by atoms with Crippen LogP contribution in [-0.4, -0.2) is 47.3 Å². The van der Waals surface area contributed by atoms with Crippen molar-refractivity contribution in [3.63, 3.8) is 0 Å². The van der Waals surface area contributed by atoms with Gasteiger partial charge >= 0.3 is 0 Å². The van der Waals surface area contributed by atoms with Crippen LogP contribution in [0.25, 0.3) is 0 Å². The fraction of sp³-hybridized carbons (Fsp3) is 0.750. The molecule has 1 aromatic rings. The number of carbonyl (C=O) groups is 1. The van der Waals surface area contributed by atoms with Crippen LogP contribution in [0.2, 0.25) is 0 Å². The van der Waals surface area contributed by atoms with E-state index in [0.717, 1.165) is 6.42 Å². The summed E-state index contributed by atoms with van der Waals surface area (Å²) in [5.41, 5.74) is 0. The van der Waals surface area contributed by atoms with E-state index in [-0.39, 0.29) is 28.9 Å². The Morgan fingerprint density at radius 1 is 1.33 bits per heavy atom. The van der Waals surface area contributed by atoms with Gasteiger partial charge in [0.1, 0.15) is 0 Å². The first-order valence-corrected chi connectivity index (χ1v) is 10.0. The van der Waals surface area contributed by atoms with Gasteiger partial charge in [0.15, 0.2) is 5.03 Å². The van der Waals surface area contributed by atoms with Crippen molar-refractivity contribution in [3.05, 3.63) is 12.5 Å². The topological polar surface area (TPSA) is 84.3 Å². The summed E-state index contributed by atoms with van der Waals surface area (Å²) in [5.74, 6) is -0.0795. The molecule has 24 heavy (non-hydrogen) atoms. The summed E-state index contributed by atoms with van der Waals surface area (Å²) in [4.78, 5) is 16.2. The van der Waals surface area contributed by atoms with Crippen LogP contribution in [-0.2, 0) is 14.8 Å². The second kappa shape index (κ2) is 7.65. The molecule has 0 radical (unpaired) electrons. The van der Waals surface area contributed by atoms with Crippen LogP contribution in [0, 0.1) is 5.92 Å². The van der Waals surface area contributed by atoms with Gasteiger partial charge in [0, 0.05) is 37.3 Å². The lowest BCUT2D eigenvalue weighted by Gasteiger charge is -2.30. The Balaban J connectivity index is 1.99. The second-order valence-corrected chi connectivity index (χ2v) is 8.63. The third-order valence-corrected chi connectivity index (χ3v) is 6.39. The number of imidazole rings is 1. The standard InChI is InChI=1S/C16H28N4O3S/c1-5-13(4)18-16(21)14-6-8-20(9-7-14)24(22,23)15-10-19(11-17-15)12(2)3/h10-14H,5-9H2,1-4H3,(H,18,21)/t13-/m1/s1. The van der Waals surface area contributed by atoms with E-state index in [0.29, 0.717) is 25.9 Å². The highest BCUT2D eigenvalue weighted by molar-refractivity contribution is 7.89. The van der Waals surface area contributed by atoms with Crippen LogP contribution in [0.15, 0.2) is 17.6 Å². The first kappa shape index (κ1) is 18.9. The number of nitrogens with zero attached hydrogens (tertiary/aromatic N) is 3. The number of rotatable bonds is 6. The van der Waals surface area contributed by atoms with Gasteiger partial charge in [-0.3, -0.25) is 4.79 Å². The molecule has 1 atom stereocenters. The minimum Gasteiger partial charge on any atom is -0.353 e. The van der Waals surface area contributed by atoms with Crippen molar-refractivity contribution in [2.24, 2.45) is 5.92 Å². The summed E-state index contributed by atoms with van der Waals surface area (Å²) < 4.78 is 28.6. The highest BCUT2D eigenvalue weighted by Crippen LogP contribution is 2.23. The zero-order valence-corrected chi connectivity index (χ0v) is 15.7. The number of amides is 1. The summed E-state index contributed by atoms with van der Waals surface area (Å²) >= 11 is 0. The predicted octanol–water partition coefficient (Wildman–Crippen LogP) is 1.78. The third kappa shape index (κ3) is 4.16. The number of carbonyl (C=O) groups excluding carboxylic acids is 1. The van der Waals surface area contributed by atoms with E-state index in [1.807, 2.05) is 27.7 Å². The number of hydrogen-bond donors (Lipinski definition) is 1. The van der Waals surface area contributed by atoms with E-state index in [2.05, 4.69) is 10.3 Å². The van der Waals surface area contributed by atoms with E-state index in [9.17, 15) is 13.2 Å². The second-order valence-electron chi connectivity index (χ2n) is 6.75. The summed E-state index contributed by atoms with van der Waals surface area (Å²) in [6.07, 6.45) is 5.10. The quantitative estimate of drug-likeness (QED) is 0.842. The summed E-state index contributed by atoms with van der Waals surface area (Å²) in [7, 11) is -3.58. The number of hydrogen-bond acceptors (Lipinski definition) is 4. The molecule has 2 rings (SSSR count). The zero-order chi connectivity index (χ0) is 17.9. The van der Waals surface area contributed by atoms with Crippen LogP contribution < -0.4 is 5.32 Å². The average molecular weight is 356 g/mol. The SMILES string of the molecule is CC[C@@H](C)NC(=O)C1CCN(S(=O)(=O)c2cn(C(C)C)cn2)CC1. The Kier molecular flexibility index (Phi) is 6.03. The molecule has 0 bridgehead atoms. The van der Waals surface area contributed by atoms with Crippen molar-refractivity contribution in [2.45, 2.75) is 64.1 Å². The van der Waals surface area contributed by atoms with Crippen molar-refractivity contribution in [1.82, 2.24) is 19.2 Å². The van der Waals surface area contributed by atoms with Gasteiger partial charge < -0.3 is 9.88 Å². The number of nitrogens with one attached hydrogen (secondary N) is 1. The van der Waals surface area contributed by atoms with E-state index >= 15 is 0 Å². The molecule has 0 aromatic carbocycles. The fourth-order valence-electron chi connectivity index (χ4n) is 2.69. The van der Waals surface area contributed by atoms with E-state index in [1.54, 1.807) is 17.1 Å². The molecule has 136 valence electrons. The minimum atomic E-state index is -3.58. The summed E-state index contributed by atoms with van der Waals surface area (Å²) in [6.45, 7) is 8.66. The third-order valence-electron chi connectivity index (χ3n) is 4.60. The molecule has 1 N–H and O–H groups in total. The van der Waals surface area contributed by atoms with Gasteiger partial charge in [-0.15, -0.1) is 0 Å². The van der Waals surface area contributed by atoms with Crippen molar-refractivity contribution >= 4 is 15.9 Å². The molecule has 8 heteroatoms. The maximum absolute atomic E-state index is 12.7. The van der Waals surface area contributed by atoms with Gasteiger partial charge in [0.25, 0.3) is 10.0 Å². The van der Waals surface area contributed by atoms with Gasteiger partial charge in [-0.05, 0) is 40.0 Å². The highest BCUT2D eigenvalue weighted by Gasteiger charge is 2.33. The number of aromatic nitrogens is 2. The Labute approximate surface area is 144 Å². The Bertz CT molecular complexity index is 661. The van der Waals surface area contributed by atoms with Crippen molar-refractivity contribution in [2.75, 3.05) is 13.1 Å². The molecule has 1 fully saturated rings. The van der Waals surface area contributed by atoms with Crippen molar-refractivity contribution in [3.8, 4) is 0 Å². The molecule has 7 nitrogen and oxygen atoms in total. The monoisotopic (exact) mass is 356 g/mol. The largest absolute Gasteiger partial charge is 0.353 e. The Morgan fingerprint density at radius 3 is 2.46 bits per heavy atom. The fourth-order valence-corrected chi connectivity index (χ4v) is 4.08. The van der Waals surface area contributed by atoms with Crippen LogP contribution in [0.5, 0.6) is 0 Å².